The Morgan fingerprint density at radius 2 is 2.00 bits per heavy atom. The molecule has 0 fully saturated rings. The number of aromatic nitrogens is 1. The average molecular weight is 383 g/mol. The van der Waals surface area contributed by atoms with Crippen molar-refractivity contribution in [3.63, 3.8) is 0 Å². The molecule has 1 aromatic heterocycles. The molecule has 1 aliphatic rings. The van der Waals surface area contributed by atoms with Crippen molar-refractivity contribution in [3.8, 4) is 11.5 Å². The van der Waals surface area contributed by atoms with Gasteiger partial charge in [0.05, 0.1) is 29.9 Å². The largest absolute Gasteiger partial charge is 0.486 e. The minimum absolute atomic E-state index is 0.0407. The fraction of sp³-hybridized carbons (Fsp3) is 0.300. The molecular formula is C20H21N3O3S. The zero-order chi connectivity index (χ0) is 18.6. The molecule has 0 bridgehead atoms. The van der Waals surface area contributed by atoms with Crippen molar-refractivity contribution in [2.75, 3.05) is 26.7 Å². The number of hydrogen-bond acceptors (Lipinski definition) is 6. The summed E-state index contributed by atoms with van der Waals surface area (Å²) in [7, 11) is 1.92. The van der Waals surface area contributed by atoms with Gasteiger partial charge in [-0.1, -0.05) is 24.3 Å². The number of nitrogens with one attached hydrogen (secondary N) is 1. The van der Waals surface area contributed by atoms with E-state index in [1.807, 2.05) is 54.4 Å². The summed E-state index contributed by atoms with van der Waals surface area (Å²) >= 11 is 1.66. The van der Waals surface area contributed by atoms with E-state index in [1.165, 1.54) is 4.70 Å². The first-order valence-electron chi connectivity index (χ1n) is 8.85. The van der Waals surface area contributed by atoms with E-state index >= 15 is 0 Å². The first-order chi connectivity index (χ1) is 13.2. The van der Waals surface area contributed by atoms with Gasteiger partial charge in [-0.25, -0.2) is 4.98 Å². The molecule has 27 heavy (non-hydrogen) atoms. The molecule has 0 saturated carbocycles. The number of hydrogen-bond donors (Lipinski definition) is 1. The van der Waals surface area contributed by atoms with Gasteiger partial charge in [0.2, 0.25) is 5.91 Å². The highest BCUT2D eigenvalue weighted by molar-refractivity contribution is 7.18. The first-order valence-corrected chi connectivity index (χ1v) is 9.67. The molecule has 2 aromatic carbocycles. The molecule has 2 heterocycles. The SMILES string of the molecule is CN(CC(=O)NC[C@@H]1COc2ccccc2O1)Cc1nc2ccccc2s1. The number of carbonyl (C=O) groups excluding carboxylic acids is 1. The van der Waals surface area contributed by atoms with Crippen LogP contribution in [-0.2, 0) is 11.3 Å². The lowest BCUT2D eigenvalue weighted by Gasteiger charge is -2.26. The number of likely N-dealkylation sites (N-methyl/N-ethyl adjacent to an activating group) is 1. The van der Waals surface area contributed by atoms with E-state index in [0.717, 1.165) is 22.0 Å². The second-order valence-electron chi connectivity index (χ2n) is 6.55. The molecule has 3 aromatic rings. The van der Waals surface area contributed by atoms with Crippen LogP contribution in [0, 0.1) is 0 Å². The van der Waals surface area contributed by atoms with Crippen LogP contribution in [0.1, 0.15) is 5.01 Å². The lowest BCUT2D eigenvalue weighted by molar-refractivity contribution is -0.122. The van der Waals surface area contributed by atoms with Crippen LogP contribution in [0.3, 0.4) is 0 Å². The number of benzene rings is 2. The molecule has 4 rings (SSSR count). The summed E-state index contributed by atoms with van der Waals surface area (Å²) in [6.45, 7) is 1.80. The van der Waals surface area contributed by atoms with Crippen molar-refractivity contribution < 1.29 is 14.3 Å². The molecule has 1 aliphatic heterocycles. The average Bonchev–Trinajstić information content (AvgIpc) is 3.08. The van der Waals surface area contributed by atoms with Crippen molar-refractivity contribution in [1.29, 1.82) is 0 Å². The number of para-hydroxylation sites is 3. The Morgan fingerprint density at radius 1 is 1.22 bits per heavy atom. The van der Waals surface area contributed by atoms with Gasteiger partial charge in [-0.2, -0.15) is 0 Å². The van der Waals surface area contributed by atoms with Crippen molar-refractivity contribution in [2.24, 2.45) is 0 Å². The van der Waals surface area contributed by atoms with Crippen molar-refractivity contribution in [2.45, 2.75) is 12.6 Å². The Kier molecular flexibility index (Phi) is 5.22. The predicted octanol–water partition coefficient (Wildman–Crippen LogP) is 2.68. The maximum Gasteiger partial charge on any atom is 0.234 e. The summed E-state index contributed by atoms with van der Waals surface area (Å²) in [5.74, 6) is 1.42. The van der Waals surface area contributed by atoms with E-state index in [1.54, 1.807) is 11.3 Å². The maximum absolute atomic E-state index is 12.2. The number of ether oxygens (including phenoxy) is 2. The number of nitrogens with zero attached hydrogens (tertiary/aromatic N) is 2. The molecule has 6 nitrogen and oxygen atoms in total. The van der Waals surface area contributed by atoms with Crippen LogP contribution >= 0.6 is 11.3 Å². The highest BCUT2D eigenvalue weighted by atomic mass is 32.1. The van der Waals surface area contributed by atoms with Crippen LogP contribution < -0.4 is 14.8 Å². The molecule has 7 heteroatoms. The second-order valence-corrected chi connectivity index (χ2v) is 7.66. The van der Waals surface area contributed by atoms with Gasteiger partial charge in [0.15, 0.2) is 11.5 Å². The Hall–Kier alpha value is -2.64. The molecule has 0 radical (unpaired) electrons. The van der Waals surface area contributed by atoms with Crippen LogP contribution in [0.4, 0.5) is 0 Å². The summed E-state index contributed by atoms with van der Waals surface area (Å²) in [5, 5.41) is 3.93. The number of fused-ring (bicyclic) bond motifs is 2. The van der Waals surface area contributed by atoms with Crippen molar-refractivity contribution >= 4 is 27.5 Å². The standard InChI is InChI=1S/C20H21N3O3S/c1-23(12-20-22-15-6-2-5-9-18(15)27-20)11-19(24)21-10-14-13-25-16-7-3-4-8-17(16)26-14/h2-9,14H,10-13H2,1H3,(H,21,24)/t14-/m1/s1. The second kappa shape index (κ2) is 7.94. The smallest absolute Gasteiger partial charge is 0.234 e. The molecule has 1 N–H and O–H groups in total. The highest BCUT2D eigenvalue weighted by Crippen LogP contribution is 2.30. The Labute approximate surface area is 161 Å². The van der Waals surface area contributed by atoms with Gasteiger partial charge in [-0.05, 0) is 31.3 Å². The molecule has 0 aliphatic carbocycles. The van der Waals surface area contributed by atoms with Gasteiger partial charge in [-0.3, -0.25) is 9.69 Å². The fourth-order valence-corrected chi connectivity index (χ4v) is 4.01. The van der Waals surface area contributed by atoms with Gasteiger partial charge < -0.3 is 14.8 Å². The van der Waals surface area contributed by atoms with E-state index < -0.39 is 0 Å². The topological polar surface area (TPSA) is 63.7 Å². The van der Waals surface area contributed by atoms with Crippen LogP contribution in [0.2, 0.25) is 0 Å². The summed E-state index contributed by atoms with van der Waals surface area (Å²) in [6.07, 6.45) is -0.182. The van der Waals surface area contributed by atoms with Gasteiger partial charge in [0.25, 0.3) is 0 Å². The third kappa shape index (κ3) is 4.37. The number of carbonyl (C=O) groups is 1. The van der Waals surface area contributed by atoms with Crippen molar-refractivity contribution in [1.82, 2.24) is 15.2 Å². The fourth-order valence-electron chi connectivity index (χ4n) is 2.97. The van der Waals surface area contributed by atoms with E-state index in [0.29, 0.717) is 26.2 Å². The number of rotatable bonds is 6. The van der Waals surface area contributed by atoms with Gasteiger partial charge >= 0.3 is 0 Å². The number of thiazole rings is 1. The minimum Gasteiger partial charge on any atom is -0.486 e. The molecule has 0 saturated heterocycles. The summed E-state index contributed by atoms with van der Waals surface area (Å²) in [5.41, 5.74) is 1.00. The minimum atomic E-state index is -0.182. The molecule has 140 valence electrons. The van der Waals surface area contributed by atoms with Crippen LogP contribution in [0.25, 0.3) is 10.2 Å². The zero-order valence-corrected chi connectivity index (χ0v) is 15.9. The summed E-state index contributed by atoms with van der Waals surface area (Å²) in [4.78, 5) is 18.8. The zero-order valence-electron chi connectivity index (χ0n) is 15.1. The molecule has 1 amide bonds. The lowest BCUT2D eigenvalue weighted by atomic mass is 10.2. The van der Waals surface area contributed by atoms with Gasteiger partial charge in [0.1, 0.15) is 17.7 Å². The maximum atomic E-state index is 12.2. The number of amides is 1. The van der Waals surface area contributed by atoms with Crippen LogP contribution in [-0.4, -0.2) is 48.6 Å². The van der Waals surface area contributed by atoms with E-state index in [2.05, 4.69) is 16.4 Å². The monoisotopic (exact) mass is 383 g/mol. The third-order valence-corrected chi connectivity index (χ3v) is 5.27. The predicted molar refractivity (Wildman–Crippen MR) is 105 cm³/mol. The molecule has 0 unspecified atom stereocenters. The van der Waals surface area contributed by atoms with Crippen LogP contribution in [0.15, 0.2) is 48.5 Å². The summed E-state index contributed by atoms with van der Waals surface area (Å²) < 4.78 is 12.7. The Morgan fingerprint density at radius 3 is 2.85 bits per heavy atom. The van der Waals surface area contributed by atoms with Gasteiger partial charge in [0, 0.05) is 0 Å². The quantitative estimate of drug-likeness (QED) is 0.709. The summed E-state index contributed by atoms with van der Waals surface area (Å²) in [6, 6.07) is 15.6. The van der Waals surface area contributed by atoms with E-state index in [-0.39, 0.29) is 12.0 Å². The molecular weight excluding hydrogens is 362 g/mol. The highest BCUT2D eigenvalue weighted by Gasteiger charge is 2.21. The van der Waals surface area contributed by atoms with Crippen molar-refractivity contribution in [3.05, 3.63) is 53.5 Å². The van der Waals surface area contributed by atoms with Crippen LogP contribution in [0.5, 0.6) is 11.5 Å². The molecule has 0 spiro atoms. The normalized spacial score (nSPS) is 15.9. The Bertz CT molecular complexity index is 910. The van der Waals surface area contributed by atoms with E-state index in [4.69, 9.17) is 9.47 Å². The van der Waals surface area contributed by atoms with E-state index in [9.17, 15) is 4.79 Å². The first kappa shape index (κ1) is 17.8. The third-order valence-electron chi connectivity index (χ3n) is 4.25. The Balaban J connectivity index is 1.24. The molecule has 1 atom stereocenters. The van der Waals surface area contributed by atoms with Gasteiger partial charge in [-0.15, -0.1) is 11.3 Å². The lowest BCUT2D eigenvalue weighted by Crippen LogP contribution is -2.43.